The molecule has 0 aromatic carbocycles. The van der Waals surface area contributed by atoms with Crippen LogP contribution >= 0.6 is 0 Å². The highest BCUT2D eigenvalue weighted by molar-refractivity contribution is 5.95. The molecule has 500 valence electrons. The number of amides is 4. The number of hydrogen-bond acceptors (Lipinski definition) is 18. The van der Waals surface area contributed by atoms with E-state index in [1.54, 1.807) is 42.7 Å². The summed E-state index contributed by atoms with van der Waals surface area (Å²) in [5, 5.41) is 27.7. The molecule has 1 aliphatic rings. The van der Waals surface area contributed by atoms with Crippen molar-refractivity contribution in [2.24, 2.45) is 20.5 Å². The van der Waals surface area contributed by atoms with E-state index in [1.165, 1.54) is 30.5 Å². The summed E-state index contributed by atoms with van der Waals surface area (Å²) in [5.74, 6) is -0.302. The normalized spacial score (nSPS) is 12.3. The summed E-state index contributed by atoms with van der Waals surface area (Å²) >= 11 is 0. The molecule has 0 saturated carbocycles. The Morgan fingerprint density at radius 1 is 0.495 bits per heavy atom. The summed E-state index contributed by atoms with van der Waals surface area (Å²) in [6.45, 7) is 17.8. The fourth-order valence-electron chi connectivity index (χ4n) is 8.31. The summed E-state index contributed by atoms with van der Waals surface area (Å²) in [4.78, 5) is 114. The van der Waals surface area contributed by atoms with Crippen LogP contribution in [0.2, 0.25) is 0 Å². The van der Waals surface area contributed by atoms with Crippen LogP contribution in [0.1, 0.15) is 141 Å². The zero-order chi connectivity index (χ0) is 68.4. The van der Waals surface area contributed by atoms with Crippen molar-refractivity contribution in [1.82, 2.24) is 41.5 Å². The molecule has 0 aliphatic carbocycles. The lowest BCUT2D eigenvalue weighted by molar-refractivity contribution is -0.123. The van der Waals surface area contributed by atoms with Crippen molar-refractivity contribution in [3.63, 3.8) is 0 Å². The van der Waals surface area contributed by atoms with E-state index in [2.05, 4.69) is 108 Å². The molecule has 30 nitrogen and oxygen atoms in total. The molecule has 1 aliphatic heterocycles. The van der Waals surface area contributed by atoms with Crippen LogP contribution in [0.15, 0.2) is 126 Å². The molecule has 4 rings (SSSR count). The molecular formula is C63H88N20O10. The molecular weight excluding hydrogens is 1200 g/mol. The van der Waals surface area contributed by atoms with Crippen molar-refractivity contribution in [2.75, 3.05) is 59.2 Å². The lowest BCUT2D eigenvalue weighted by atomic mass is 10.0. The third kappa shape index (κ3) is 44.2. The Morgan fingerprint density at radius 3 is 1.40 bits per heavy atom. The molecule has 3 aromatic rings. The van der Waals surface area contributed by atoms with Gasteiger partial charge in [-0.1, -0.05) is 91.0 Å². The number of carbonyl (C=O) groups excluding carboxylic acids is 8. The van der Waals surface area contributed by atoms with Crippen LogP contribution in [0.4, 0.5) is 0 Å². The number of carbonyl (C=O) groups is 8. The standard InChI is InChI=1S/C18H25N5O2.C16H21N5O4.C15H19N5O2.C14H23N5O2/c1-2-18(25)20-11-7-5-3-4-6-8-17(24)12-15-9-10-16(21-13-15)14-22-23-19;1-2-16(23)18-5-6-24-7-8-25-12-15(22)9-13-3-4-14(19-10-13)11-20-21-17;1-2-15(22)17-9-5-3-4-6-14(21)12-7-8-13(18-10-12)11-19-20-16;1-2-14(21)16-9-5-3-4-6-13(20)12-8-7-11(18-12)10-17-19-15/h2,9-10,13H,1,3-8,11-12,14H2,(H,20,25);2-4,10H,1,5-9,11-12H2,(H,18,23);2,7-8,10H,1,3-6,9,11H2,(H,17,22);2,11-12,18H,1,3-10H2,(H,16,21). The van der Waals surface area contributed by atoms with Gasteiger partial charge in [0.05, 0.1) is 45.5 Å². The van der Waals surface area contributed by atoms with Crippen molar-refractivity contribution >= 4 is 46.8 Å². The number of aromatic nitrogens is 3. The first-order chi connectivity index (χ1) is 45.1. The zero-order valence-corrected chi connectivity index (χ0v) is 53.0. The fourth-order valence-corrected chi connectivity index (χ4v) is 8.31. The first kappa shape index (κ1) is 81.1. The number of hydrogen-bond donors (Lipinski definition) is 5. The number of ketones is 4. The van der Waals surface area contributed by atoms with Crippen LogP contribution in [0.3, 0.4) is 0 Å². The Balaban J connectivity index is 0.000000622. The third-order valence-electron chi connectivity index (χ3n) is 13.2. The van der Waals surface area contributed by atoms with Crippen LogP contribution in [0.5, 0.6) is 0 Å². The first-order valence-corrected chi connectivity index (χ1v) is 30.6. The van der Waals surface area contributed by atoms with Gasteiger partial charge in [0.1, 0.15) is 18.2 Å². The number of rotatable bonds is 46. The van der Waals surface area contributed by atoms with Crippen molar-refractivity contribution in [1.29, 1.82) is 0 Å². The monoisotopic (exact) mass is 1280 g/mol. The van der Waals surface area contributed by atoms with E-state index in [1.807, 2.05) is 6.07 Å². The van der Waals surface area contributed by atoms with Gasteiger partial charge < -0.3 is 36.1 Å². The molecule has 2 unspecified atom stereocenters. The van der Waals surface area contributed by atoms with E-state index in [0.717, 1.165) is 94.6 Å². The van der Waals surface area contributed by atoms with E-state index in [-0.39, 0.29) is 91.5 Å². The number of azide groups is 4. The van der Waals surface area contributed by atoms with Crippen molar-refractivity contribution in [3.8, 4) is 0 Å². The maximum absolute atomic E-state index is 12.0. The van der Waals surface area contributed by atoms with Gasteiger partial charge in [0.25, 0.3) is 0 Å². The maximum Gasteiger partial charge on any atom is 0.243 e. The zero-order valence-electron chi connectivity index (χ0n) is 53.0. The summed E-state index contributed by atoms with van der Waals surface area (Å²) < 4.78 is 10.5. The number of unbranched alkanes of at least 4 members (excludes halogenated alkanes) is 8. The molecule has 93 heavy (non-hydrogen) atoms. The van der Waals surface area contributed by atoms with Gasteiger partial charge in [-0.2, -0.15) is 0 Å². The Labute approximate surface area is 542 Å². The van der Waals surface area contributed by atoms with Gasteiger partial charge in [0.2, 0.25) is 23.6 Å². The van der Waals surface area contributed by atoms with Gasteiger partial charge in [-0.3, -0.25) is 53.3 Å². The Morgan fingerprint density at radius 2 is 0.925 bits per heavy atom. The molecule has 5 N–H and O–H groups in total. The minimum absolute atomic E-state index is 0.00294. The fraction of sp³-hybridized carbons (Fsp3) is 0.508. The molecule has 1 fully saturated rings. The van der Waals surface area contributed by atoms with Gasteiger partial charge in [0, 0.05) is 132 Å². The lowest BCUT2D eigenvalue weighted by Crippen LogP contribution is -2.36. The predicted molar refractivity (Wildman–Crippen MR) is 351 cm³/mol. The third-order valence-corrected chi connectivity index (χ3v) is 13.2. The van der Waals surface area contributed by atoms with Crippen molar-refractivity contribution < 1.29 is 47.8 Å². The number of Topliss-reactive ketones (excluding diaryl/α,β-unsaturated/α-hetero) is 4. The average molecular weight is 1290 g/mol. The largest absolute Gasteiger partial charge is 0.377 e. The van der Waals surface area contributed by atoms with Gasteiger partial charge >= 0.3 is 0 Å². The smallest absolute Gasteiger partial charge is 0.243 e. The van der Waals surface area contributed by atoms with E-state index >= 15 is 0 Å². The molecule has 1 saturated heterocycles. The Bertz CT molecular complexity index is 2880. The van der Waals surface area contributed by atoms with Gasteiger partial charge in [-0.15, -0.1) is 0 Å². The minimum Gasteiger partial charge on any atom is -0.377 e. The molecule has 2 atom stereocenters. The lowest BCUT2D eigenvalue weighted by Gasteiger charge is -2.11. The van der Waals surface area contributed by atoms with Gasteiger partial charge in [0.15, 0.2) is 11.6 Å². The number of ether oxygens (including phenoxy) is 2. The van der Waals surface area contributed by atoms with Gasteiger partial charge in [-0.05, 0) is 133 Å². The van der Waals surface area contributed by atoms with Crippen LogP contribution in [-0.2, 0) is 75.5 Å². The molecule has 30 heteroatoms. The van der Waals surface area contributed by atoms with Crippen LogP contribution in [-0.4, -0.2) is 133 Å². The topological polar surface area (TPSA) is 449 Å². The molecule has 0 spiro atoms. The second kappa shape index (κ2) is 55.0. The molecule has 4 amide bonds. The van der Waals surface area contributed by atoms with Gasteiger partial charge in [-0.25, -0.2) is 0 Å². The second-order valence-electron chi connectivity index (χ2n) is 20.5. The molecule has 4 heterocycles. The Kier molecular flexibility index (Phi) is 47.9. The summed E-state index contributed by atoms with van der Waals surface area (Å²) in [7, 11) is 0. The first-order valence-electron chi connectivity index (χ1n) is 30.6. The maximum atomic E-state index is 12.0. The summed E-state index contributed by atoms with van der Waals surface area (Å²) in [5.41, 5.74) is 37.2. The summed E-state index contributed by atoms with van der Waals surface area (Å²) in [6.07, 6.45) is 23.7. The van der Waals surface area contributed by atoms with Crippen molar-refractivity contribution in [3.05, 3.63) is 181 Å². The highest BCUT2D eigenvalue weighted by atomic mass is 16.5. The summed E-state index contributed by atoms with van der Waals surface area (Å²) in [6, 6.07) is 10.5. The van der Waals surface area contributed by atoms with Crippen LogP contribution in [0, 0.1) is 0 Å². The molecule has 0 bridgehead atoms. The average Bonchev–Trinajstić information content (AvgIpc) is 3.27. The van der Waals surface area contributed by atoms with E-state index in [9.17, 15) is 38.4 Å². The second-order valence-corrected chi connectivity index (χ2v) is 20.5. The highest BCUT2D eigenvalue weighted by Gasteiger charge is 2.27. The van der Waals surface area contributed by atoms with Crippen LogP contribution < -0.4 is 26.6 Å². The quantitative estimate of drug-likeness (QED) is 0.00877. The van der Waals surface area contributed by atoms with E-state index < -0.39 is 0 Å². The van der Waals surface area contributed by atoms with E-state index in [0.29, 0.717) is 101 Å². The highest BCUT2D eigenvalue weighted by Crippen LogP contribution is 2.17. The Hall–Kier alpha value is -9.91. The van der Waals surface area contributed by atoms with Crippen LogP contribution in [0.25, 0.3) is 41.8 Å². The number of pyridine rings is 3. The van der Waals surface area contributed by atoms with Crippen molar-refractivity contribution in [2.45, 2.75) is 147 Å². The minimum atomic E-state index is -0.245. The molecule has 3 aromatic heterocycles. The van der Waals surface area contributed by atoms with E-state index in [4.69, 9.17) is 31.6 Å². The predicted octanol–water partition coefficient (Wildman–Crippen LogP) is 9.77. The number of nitrogens with zero attached hydrogens (tertiary/aromatic N) is 15. The number of nitrogens with one attached hydrogen (secondary N) is 5. The molecule has 0 radical (unpaired) electrons. The SMILES string of the molecule is C=CC(=O)NCCCCCC(=O)C1CCC(CN=[N+]=[N-])N1.C=CC(=O)NCCCCCC(=O)c1ccc(CN=[N+]=[N-])nc1.C=CC(=O)NCCCCCCCC(=O)Cc1ccc(CN=[N+]=[N-])nc1.C=CC(=O)NCCOCCOCC(=O)Cc1ccc(CN=[N+]=[N-])nc1.